The van der Waals surface area contributed by atoms with Crippen LogP contribution in [-0.2, 0) is 0 Å². The summed E-state index contributed by atoms with van der Waals surface area (Å²) < 4.78 is 87.1. The van der Waals surface area contributed by atoms with Crippen molar-refractivity contribution in [3.63, 3.8) is 0 Å². The van der Waals surface area contributed by atoms with Crippen molar-refractivity contribution >= 4 is 64.2 Å². The fourth-order valence-corrected chi connectivity index (χ4v) is 7.32. The Morgan fingerprint density at radius 3 is 2.10 bits per heavy atom. The summed E-state index contributed by atoms with van der Waals surface area (Å²) >= 11 is 1.64. The third-order valence-electron chi connectivity index (χ3n) is 8.48. The lowest BCUT2D eigenvalue weighted by atomic mass is 10.0. The zero-order chi connectivity index (χ0) is 39.4. The molecule has 0 aliphatic carbocycles. The number of nitrogens with zero attached hydrogens (tertiary/aromatic N) is 3. The van der Waals surface area contributed by atoms with Crippen LogP contribution in [0.4, 0.5) is 0 Å². The highest BCUT2D eigenvalue weighted by atomic mass is 32.1. The molecule has 0 aliphatic heterocycles. The van der Waals surface area contributed by atoms with Crippen molar-refractivity contribution in [2.45, 2.75) is 0 Å². The summed E-state index contributed by atoms with van der Waals surface area (Å²) in [4.78, 5) is 14.6. The molecule has 0 aliphatic rings. The third-order valence-corrected chi connectivity index (χ3v) is 9.61. The van der Waals surface area contributed by atoms with Crippen molar-refractivity contribution < 1.29 is 16.8 Å². The van der Waals surface area contributed by atoms with Crippen molar-refractivity contribution in [1.29, 1.82) is 0 Å². The Hall–Kier alpha value is -6.17. The summed E-state index contributed by atoms with van der Waals surface area (Å²) in [6, 6.07) is 27.5. The number of furan rings is 1. The van der Waals surface area contributed by atoms with Gasteiger partial charge in [-0.15, -0.1) is 11.3 Å². The Bertz CT molecular complexity index is 3350. The van der Waals surface area contributed by atoms with Gasteiger partial charge in [0, 0.05) is 53.0 Å². The Balaban J connectivity index is 1.25. The Morgan fingerprint density at radius 2 is 1.25 bits per heavy atom. The van der Waals surface area contributed by atoms with Gasteiger partial charge in [0.15, 0.2) is 17.5 Å². The van der Waals surface area contributed by atoms with E-state index < -0.39 is 54.4 Å². The Kier molecular flexibility index (Phi) is 4.34. The van der Waals surface area contributed by atoms with Gasteiger partial charge in [-0.1, -0.05) is 121 Å². The fourth-order valence-electron chi connectivity index (χ4n) is 6.19. The van der Waals surface area contributed by atoms with E-state index in [-0.39, 0.29) is 55.7 Å². The lowest BCUT2D eigenvalue weighted by molar-refractivity contribution is 0.672. The van der Waals surface area contributed by atoms with E-state index in [4.69, 9.17) is 30.3 Å². The first-order valence-corrected chi connectivity index (χ1v) is 16.0. The van der Waals surface area contributed by atoms with E-state index in [1.807, 2.05) is 66.7 Å². The van der Waals surface area contributed by atoms with Crippen LogP contribution in [0.3, 0.4) is 0 Å². The summed E-state index contributed by atoms with van der Waals surface area (Å²) in [6.45, 7) is 0. The maximum absolute atomic E-state index is 9.22. The maximum Gasteiger partial charge on any atom is 0.164 e. The van der Waals surface area contributed by atoms with Crippen LogP contribution in [0.1, 0.15) is 12.3 Å². The van der Waals surface area contributed by atoms with E-state index in [0.717, 1.165) is 31.3 Å². The van der Waals surface area contributed by atoms with Crippen LogP contribution in [0, 0.1) is 0 Å². The van der Waals surface area contributed by atoms with Gasteiger partial charge >= 0.3 is 0 Å². The van der Waals surface area contributed by atoms with Crippen molar-refractivity contribution in [3.05, 3.63) is 151 Å². The van der Waals surface area contributed by atoms with Crippen LogP contribution in [0.2, 0.25) is 0 Å². The SMILES string of the molecule is [2H]c1c([2H])c(-c2nc(-c3ccccc3)nc(-c3ccc4c(c3)sc3ccc(-c5ccccc5)cc34)n2)c2c(oc3c4c([2H])c([2H])c([2H])c([2H])c4c([2H])c([2H])c32)c1[2H]. The van der Waals surface area contributed by atoms with Crippen molar-refractivity contribution in [2.75, 3.05) is 0 Å². The molecule has 0 N–H and O–H groups in total. The molecule has 7 aromatic carbocycles. The lowest BCUT2D eigenvalue weighted by Crippen LogP contribution is -2.00. The van der Waals surface area contributed by atoms with Gasteiger partial charge in [0.25, 0.3) is 0 Å². The lowest BCUT2D eigenvalue weighted by Gasteiger charge is -2.09. The molecule has 0 fully saturated rings. The summed E-state index contributed by atoms with van der Waals surface area (Å²) in [5.74, 6) is 0.514. The molecule has 0 saturated carbocycles. The van der Waals surface area contributed by atoms with Gasteiger partial charge in [-0.25, -0.2) is 15.0 Å². The second kappa shape index (κ2) is 10.7. The molecule has 5 heteroatoms. The van der Waals surface area contributed by atoms with E-state index in [0.29, 0.717) is 11.1 Å². The summed E-state index contributed by atoms with van der Waals surface area (Å²) in [5, 5.41) is 1.82. The molecule has 0 spiro atoms. The normalized spacial score (nSPS) is 14.4. The fraction of sp³-hybridized carbons (Fsp3) is 0. The number of benzene rings is 7. The summed E-state index contributed by atoms with van der Waals surface area (Å²) in [7, 11) is 0. The highest BCUT2D eigenvalue weighted by Gasteiger charge is 2.19. The smallest absolute Gasteiger partial charge is 0.164 e. The maximum atomic E-state index is 9.22. The number of hydrogen-bond acceptors (Lipinski definition) is 5. The number of thiophene rings is 1. The largest absolute Gasteiger partial charge is 0.455 e. The summed E-state index contributed by atoms with van der Waals surface area (Å²) in [6.07, 6.45) is 0. The minimum atomic E-state index is -0.559. The quantitative estimate of drug-likeness (QED) is 0.192. The predicted molar refractivity (Wildman–Crippen MR) is 199 cm³/mol. The molecule has 0 saturated heterocycles. The molecule has 10 rings (SSSR count). The average Bonchev–Trinajstić information content (AvgIpc) is 3.81. The monoisotopic (exact) mass is 640 g/mol. The van der Waals surface area contributed by atoms with E-state index in [9.17, 15) is 1.37 Å². The van der Waals surface area contributed by atoms with Gasteiger partial charge in [-0.3, -0.25) is 0 Å². The van der Waals surface area contributed by atoms with Gasteiger partial charge in [-0.05, 0) is 46.8 Å². The molecule has 0 amide bonds. The number of rotatable bonds is 4. The van der Waals surface area contributed by atoms with Crippen LogP contribution in [0.25, 0.3) is 98.2 Å². The van der Waals surface area contributed by atoms with E-state index >= 15 is 0 Å². The molecule has 0 bridgehead atoms. The van der Waals surface area contributed by atoms with Crippen LogP contribution >= 0.6 is 11.3 Å². The second-order valence-corrected chi connectivity index (χ2v) is 12.4. The van der Waals surface area contributed by atoms with Gasteiger partial charge in [0.1, 0.15) is 11.2 Å². The Morgan fingerprint density at radius 1 is 0.500 bits per heavy atom. The number of hydrogen-bond donors (Lipinski definition) is 0. The molecule has 48 heavy (non-hydrogen) atoms. The minimum absolute atomic E-state index is 0.0224. The highest BCUT2D eigenvalue weighted by molar-refractivity contribution is 7.25. The van der Waals surface area contributed by atoms with E-state index in [1.54, 1.807) is 11.3 Å². The van der Waals surface area contributed by atoms with Gasteiger partial charge in [-0.2, -0.15) is 0 Å². The highest BCUT2D eigenvalue weighted by Crippen LogP contribution is 2.41. The zero-order valence-corrected chi connectivity index (χ0v) is 25.7. The third kappa shape index (κ3) is 4.33. The number of fused-ring (bicyclic) bond motifs is 8. The van der Waals surface area contributed by atoms with Crippen LogP contribution in [0.5, 0.6) is 0 Å². The van der Waals surface area contributed by atoms with E-state index in [1.165, 1.54) is 0 Å². The van der Waals surface area contributed by atoms with Gasteiger partial charge in [0.05, 0.1) is 12.3 Å². The van der Waals surface area contributed by atoms with Crippen LogP contribution in [0.15, 0.2) is 156 Å². The van der Waals surface area contributed by atoms with Gasteiger partial charge < -0.3 is 4.42 Å². The van der Waals surface area contributed by atoms with Crippen molar-refractivity contribution in [2.24, 2.45) is 0 Å². The minimum Gasteiger partial charge on any atom is -0.455 e. The molecule has 224 valence electrons. The average molecular weight is 641 g/mol. The van der Waals surface area contributed by atoms with Crippen molar-refractivity contribution in [1.82, 2.24) is 15.0 Å². The van der Waals surface area contributed by atoms with Crippen LogP contribution < -0.4 is 0 Å². The second-order valence-electron chi connectivity index (χ2n) is 11.3. The zero-order valence-electron chi connectivity index (χ0n) is 33.9. The molecule has 0 atom stereocenters. The molecule has 10 aromatic rings. The summed E-state index contributed by atoms with van der Waals surface area (Å²) in [5.41, 5.74) is 3.17. The van der Waals surface area contributed by atoms with Gasteiger partial charge in [0.2, 0.25) is 0 Å². The first kappa shape index (κ1) is 19.5. The standard InChI is InChI=1S/C43H25N3OS/c1-3-10-26(11-4-1)29-20-23-37-35(24-29)32-21-19-30(25-38(32)48-37)42-44-41(28-13-5-2-6-14-28)45-43(46-42)34-16-9-17-36-39(34)33-22-18-27-12-7-8-15-31(27)40(33)47-36/h1-25H/i7D,8D,9D,12D,15D,16D,17D,18D,22D. The van der Waals surface area contributed by atoms with E-state index in [2.05, 4.69) is 30.3 Å². The molecule has 4 nitrogen and oxygen atoms in total. The first-order chi connectivity index (χ1) is 27.5. The molecule has 3 aromatic heterocycles. The molecular formula is C43H25N3OS. The molecule has 3 heterocycles. The Labute approximate surface area is 292 Å². The van der Waals surface area contributed by atoms with Crippen molar-refractivity contribution in [3.8, 4) is 45.3 Å². The first-order valence-electron chi connectivity index (χ1n) is 19.7. The predicted octanol–water partition coefficient (Wildman–Crippen LogP) is 12.0. The van der Waals surface area contributed by atoms with Crippen LogP contribution in [-0.4, -0.2) is 15.0 Å². The molecule has 0 unspecified atom stereocenters. The topological polar surface area (TPSA) is 51.8 Å². The molecule has 0 radical (unpaired) electrons. The molecular weight excluding hydrogens is 607 g/mol. The number of aromatic nitrogens is 3.